The highest BCUT2D eigenvalue weighted by Crippen LogP contribution is 2.38. The average Bonchev–Trinajstić information content (AvgIpc) is 3.11. The second-order valence-electron chi connectivity index (χ2n) is 7.25. The highest BCUT2D eigenvalue weighted by atomic mass is 19.4. The van der Waals surface area contributed by atoms with Gasteiger partial charge in [0.2, 0.25) is 0 Å². The minimum Gasteiger partial charge on any atom is -0.369 e. The molecule has 1 saturated heterocycles. The SMILES string of the molecule is CC(NC(=O)c1cnc(C#N)c(-c2cc(F)cc(F)c2)c1N1CC[C@H](N)C1)C(F)(F)F. The molecule has 2 aromatic rings. The van der Waals surface area contributed by atoms with Gasteiger partial charge >= 0.3 is 6.18 Å². The Kier molecular flexibility index (Phi) is 6.13. The van der Waals surface area contributed by atoms with E-state index >= 15 is 0 Å². The number of aromatic nitrogens is 1. The lowest BCUT2D eigenvalue weighted by Crippen LogP contribution is -2.43. The lowest BCUT2D eigenvalue weighted by atomic mass is 9.97. The van der Waals surface area contributed by atoms with E-state index in [1.165, 1.54) is 0 Å². The van der Waals surface area contributed by atoms with Crippen LogP contribution in [0.2, 0.25) is 0 Å². The van der Waals surface area contributed by atoms with Crippen molar-refractivity contribution < 1.29 is 26.7 Å². The molecule has 31 heavy (non-hydrogen) atoms. The van der Waals surface area contributed by atoms with Crippen molar-refractivity contribution in [3.8, 4) is 17.2 Å². The fourth-order valence-electron chi connectivity index (χ4n) is 3.40. The number of nitrogens with two attached hydrogens (primary N) is 1. The van der Waals surface area contributed by atoms with Crippen molar-refractivity contribution >= 4 is 11.6 Å². The van der Waals surface area contributed by atoms with Crippen molar-refractivity contribution in [2.24, 2.45) is 5.73 Å². The van der Waals surface area contributed by atoms with Crippen molar-refractivity contribution in [1.29, 1.82) is 5.26 Å². The number of hydrogen-bond donors (Lipinski definition) is 2. The normalized spacial score (nSPS) is 17.4. The van der Waals surface area contributed by atoms with E-state index < -0.39 is 29.8 Å². The van der Waals surface area contributed by atoms with Crippen LogP contribution in [0.3, 0.4) is 0 Å². The number of pyridine rings is 1. The quantitative estimate of drug-likeness (QED) is 0.714. The van der Waals surface area contributed by atoms with Crippen molar-refractivity contribution in [2.75, 3.05) is 18.0 Å². The minimum absolute atomic E-state index is 0.0522. The highest BCUT2D eigenvalue weighted by molar-refractivity contribution is 6.04. The van der Waals surface area contributed by atoms with Gasteiger partial charge in [-0.15, -0.1) is 0 Å². The smallest absolute Gasteiger partial charge is 0.369 e. The summed E-state index contributed by atoms with van der Waals surface area (Å²) >= 11 is 0. The number of nitrogens with zero attached hydrogens (tertiary/aromatic N) is 3. The fourth-order valence-corrected chi connectivity index (χ4v) is 3.40. The molecule has 3 rings (SSSR count). The zero-order valence-electron chi connectivity index (χ0n) is 16.3. The molecular formula is C20H18F5N5O. The Morgan fingerprint density at radius 1 is 1.32 bits per heavy atom. The molecule has 1 unspecified atom stereocenters. The average molecular weight is 439 g/mol. The third-order valence-corrected chi connectivity index (χ3v) is 4.93. The number of rotatable bonds is 4. The van der Waals surface area contributed by atoms with Gasteiger partial charge < -0.3 is 16.0 Å². The predicted octanol–water partition coefficient (Wildman–Crippen LogP) is 3.12. The number of hydrogen-bond acceptors (Lipinski definition) is 5. The largest absolute Gasteiger partial charge is 0.408 e. The second-order valence-corrected chi connectivity index (χ2v) is 7.25. The number of benzene rings is 1. The maximum atomic E-state index is 13.9. The van der Waals surface area contributed by atoms with Gasteiger partial charge in [-0.05, 0) is 31.0 Å². The van der Waals surface area contributed by atoms with Crippen molar-refractivity contribution in [3.63, 3.8) is 0 Å². The summed E-state index contributed by atoms with van der Waals surface area (Å²) in [5, 5.41) is 11.4. The van der Waals surface area contributed by atoms with E-state index in [2.05, 4.69) is 4.98 Å². The van der Waals surface area contributed by atoms with E-state index in [1.54, 1.807) is 4.90 Å². The van der Waals surface area contributed by atoms with Crippen molar-refractivity contribution in [1.82, 2.24) is 10.3 Å². The number of anilines is 1. The monoisotopic (exact) mass is 439 g/mol. The molecule has 0 aliphatic carbocycles. The Hall–Kier alpha value is -3.26. The van der Waals surface area contributed by atoms with E-state index in [0.717, 1.165) is 25.3 Å². The molecule has 11 heteroatoms. The summed E-state index contributed by atoms with van der Waals surface area (Å²) in [6.45, 7) is 1.34. The molecule has 1 aliphatic heterocycles. The van der Waals surface area contributed by atoms with Crippen LogP contribution in [0.1, 0.15) is 29.4 Å². The van der Waals surface area contributed by atoms with Gasteiger partial charge in [0, 0.05) is 37.0 Å². The van der Waals surface area contributed by atoms with Crippen LogP contribution in [0.5, 0.6) is 0 Å². The summed E-state index contributed by atoms with van der Waals surface area (Å²) in [6.07, 6.45) is -3.18. The standard InChI is InChI=1S/C20H18F5N5O/c1-10(20(23,24)25)29-19(31)15-8-28-16(7-26)17(11-4-12(21)6-13(22)5-11)18(15)30-3-2-14(27)9-30/h4-6,8,10,14H,2-3,9,27H2,1H3,(H,29,31)/t10?,14-/m0/s1. The Bertz CT molecular complexity index is 1030. The summed E-state index contributed by atoms with van der Waals surface area (Å²) in [7, 11) is 0. The first-order valence-electron chi connectivity index (χ1n) is 9.29. The molecule has 2 atom stereocenters. The van der Waals surface area contributed by atoms with Crippen LogP contribution >= 0.6 is 0 Å². The van der Waals surface area contributed by atoms with E-state index in [0.29, 0.717) is 19.0 Å². The first-order valence-corrected chi connectivity index (χ1v) is 9.29. The molecule has 0 bridgehead atoms. The molecule has 1 aliphatic rings. The molecule has 6 nitrogen and oxygen atoms in total. The number of alkyl halides is 3. The molecule has 2 heterocycles. The van der Waals surface area contributed by atoms with Crippen LogP contribution in [0.4, 0.5) is 27.6 Å². The molecule has 0 saturated carbocycles. The molecule has 0 spiro atoms. The number of amides is 1. The summed E-state index contributed by atoms with van der Waals surface area (Å²) < 4.78 is 66.6. The Balaban J connectivity index is 2.22. The number of halogens is 5. The van der Waals surface area contributed by atoms with E-state index in [4.69, 9.17) is 5.73 Å². The Morgan fingerprint density at radius 3 is 2.48 bits per heavy atom. The second kappa shape index (κ2) is 8.47. The summed E-state index contributed by atoms with van der Waals surface area (Å²) in [5.41, 5.74) is 5.37. The van der Waals surface area contributed by atoms with Gasteiger partial charge in [-0.25, -0.2) is 13.8 Å². The minimum atomic E-state index is -4.68. The molecule has 1 amide bonds. The highest BCUT2D eigenvalue weighted by Gasteiger charge is 2.38. The zero-order chi connectivity index (χ0) is 22.9. The first-order chi connectivity index (χ1) is 14.5. The fraction of sp³-hybridized carbons (Fsp3) is 0.350. The van der Waals surface area contributed by atoms with Gasteiger partial charge in [0.15, 0.2) is 0 Å². The van der Waals surface area contributed by atoms with Crippen LogP contribution in [0, 0.1) is 23.0 Å². The van der Waals surface area contributed by atoms with E-state index in [1.807, 2.05) is 11.4 Å². The third kappa shape index (κ3) is 4.74. The van der Waals surface area contributed by atoms with Crippen LogP contribution < -0.4 is 16.0 Å². The number of nitrogens with one attached hydrogen (secondary N) is 1. The van der Waals surface area contributed by atoms with Gasteiger partial charge in [0.25, 0.3) is 5.91 Å². The molecule has 1 aromatic carbocycles. The maximum Gasteiger partial charge on any atom is 0.408 e. The zero-order valence-corrected chi connectivity index (χ0v) is 16.3. The Labute approximate surface area is 174 Å². The number of carbonyl (C=O) groups excluding carboxylic acids is 1. The summed E-state index contributed by atoms with van der Waals surface area (Å²) in [4.78, 5) is 18.2. The molecule has 3 N–H and O–H groups in total. The first kappa shape index (κ1) is 22.4. The predicted molar refractivity (Wildman–Crippen MR) is 102 cm³/mol. The molecule has 1 aromatic heterocycles. The molecular weight excluding hydrogens is 421 g/mol. The van der Waals surface area contributed by atoms with E-state index in [9.17, 15) is 32.0 Å². The van der Waals surface area contributed by atoms with Crippen molar-refractivity contribution in [3.05, 3.63) is 47.3 Å². The maximum absolute atomic E-state index is 13.9. The summed E-state index contributed by atoms with van der Waals surface area (Å²) in [5.74, 6) is -2.94. The molecule has 0 radical (unpaired) electrons. The summed E-state index contributed by atoms with van der Waals surface area (Å²) in [6, 6.07) is 1.92. The van der Waals surface area contributed by atoms with Gasteiger partial charge in [-0.3, -0.25) is 4.79 Å². The van der Waals surface area contributed by atoms with Gasteiger partial charge in [0.05, 0.1) is 11.3 Å². The van der Waals surface area contributed by atoms with Crippen LogP contribution in [-0.2, 0) is 0 Å². The van der Waals surface area contributed by atoms with Gasteiger partial charge in [-0.2, -0.15) is 18.4 Å². The number of carbonyl (C=O) groups is 1. The lowest BCUT2D eigenvalue weighted by molar-refractivity contribution is -0.149. The van der Waals surface area contributed by atoms with Crippen LogP contribution in [0.15, 0.2) is 24.4 Å². The third-order valence-electron chi connectivity index (χ3n) is 4.93. The van der Waals surface area contributed by atoms with Crippen LogP contribution in [-0.4, -0.2) is 42.2 Å². The number of nitriles is 1. The topological polar surface area (TPSA) is 95.0 Å². The molecule has 1 fully saturated rings. The Morgan fingerprint density at radius 2 is 1.97 bits per heavy atom. The van der Waals surface area contributed by atoms with E-state index in [-0.39, 0.29) is 40.7 Å². The van der Waals surface area contributed by atoms with Crippen LogP contribution in [0.25, 0.3) is 11.1 Å². The molecule has 164 valence electrons. The van der Waals surface area contributed by atoms with Crippen molar-refractivity contribution in [2.45, 2.75) is 31.6 Å². The van der Waals surface area contributed by atoms with Gasteiger partial charge in [0.1, 0.15) is 29.4 Å². The van der Waals surface area contributed by atoms with Gasteiger partial charge in [-0.1, -0.05) is 0 Å². The lowest BCUT2D eigenvalue weighted by Gasteiger charge is -2.26.